The van der Waals surface area contributed by atoms with Gasteiger partial charge in [-0.2, -0.15) is 0 Å². The maximum Gasteiger partial charge on any atom is 0.233 e. The van der Waals surface area contributed by atoms with Gasteiger partial charge in [-0.15, -0.1) is 32.9 Å². The molecule has 0 aliphatic heterocycles. The van der Waals surface area contributed by atoms with Gasteiger partial charge in [0.15, 0.2) is 5.16 Å². The Balaban J connectivity index is 1.53. The highest BCUT2D eigenvalue weighted by atomic mass is 32.2. The number of thioether (sulfide) groups is 1. The average Bonchev–Trinajstić information content (AvgIpc) is 3.50. The molecule has 3 heterocycles. The molecular weight excluding hydrogens is 420 g/mol. The summed E-state index contributed by atoms with van der Waals surface area (Å²) in [6.07, 6.45) is 0.707. The molecule has 4 aromatic rings. The van der Waals surface area contributed by atoms with Crippen LogP contribution in [0, 0.1) is 0 Å². The maximum atomic E-state index is 12.6. The van der Waals surface area contributed by atoms with Crippen LogP contribution in [-0.2, 0) is 17.8 Å². The number of aromatic nitrogens is 3. The molecule has 0 saturated carbocycles. The summed E-state index contributed by atoms with van der Waals surface area (Å²) in [6, 6.07) is 18.2. The van der Waals surface area contributed by atoms with Gasteiger partial charge in [-0.3, -0.25) is 9.36 Å². The molecule has 0 spiro atoms. The van der Waals surface area contributed by atoms with Crippen molar-refractivity contribution in [3.63, 3.8) is 0 Å². The zero-order valence-electron chi connectivity index (χ0n) is 15.8. The molecule has 8 heteroatoms. The van der Waals surface area contributed by atoms with Gasteiger partial charge in [0.1, 0.15) is 5.82 Å². The average molecular weight is 441 g/mol. The fraction of sp³-hybridized carbons (Fsp3) is 0.190. The van der Waals surface area contributed by atoms with Crippen molar-refractivity contribution in [1.82, 2.24) is 20.1 Å². The van der Waals surface area contributed by atoms with E-state index in [0.717, 1.165) is 21.5 Å². The topological polar surface area (TPSA) is 59.8 Å². The number of amides is 1. The molecule has 0 aliphatic rings. The number of carbonyl (C=O) groups is 1. The summed E-state index contributed by atoms with van der Waals surface area (Å²) in [5.74, 6) is 0.859. The SMILES string of the molecule is CC(Sc1nnc(Cc2cccs2)n1-c1ccccc1)C(=O)NCc1cccs1. The van der Waals surface area contributed by atoms with E-state index in [9.17, 15) is 4.79 Å². The molecule has 4 rings (SSSR count). The van der Waals surface area contributed by atoms with Crippen LogP contribution in [0.15, 0.2) is 70.5 Å². The molecule has 148 valence electrons. The third kappa shape index (κ3) is 4.95. The fourth-order valence-corrected chi connectivity index (χ4v) is 5.10. The van der Waals surface area contributed by atoms with E-state index in [1.165, 1.54) is 16.6 Å². The molecule has 1 amide bonds. The smallest absolute Gasteiger partial charge is 0.233 e. The lowest BCUT2D eigenvalue weighted by atomic mass is 10.3. The molecule has 1 atom stereocenters. The van der Waals surface area contributed by atoms with Crippen LogP contribution < -0.4 is 5.32 Å². The number of rotatable bonds is 8. The zero-order chi connectivity index (χ0) is 20.1. The predicted octanol–water partition coefficient (Wildman–Crippen LogP) is 4.78. The molecule has 1 N–H and O–H groups in total. The summed E-state index contributed by atoms with van der Waals surface area (Å²) >= 11 is 4.77. The summed E-state index contributed by atoms with van der Waals surface area (Å²) in [5.41, 5.74) is 0.998. The first kappa shape index (κ1) is 19.9. The van der Waals surface area contributed by atoms with Gasteiger partial charge in [-0.25, -0.2) is 0 Å². The number of nitrogens with one attached hydrogen (secondary N) is 1. The second-order valence-corrected chi connectivity index (χ2v) is 9.76. The van der Waals surface area contributed by atoms with Crippen LogP contribution in [0.25, 0.3) is 5.69 Å². The molecule has 0 bridgehead atoms. The Morgan fingerprint density at radius 2 is 1.76 bits per heavy atom. The van der Waals surface area contributed by atoms with Gasteiger partial charge in [-0.1, -0.05) is 42.1 Å². The van der Waals surface area contributed by atoms with Crippen LogP contribution in [0.2, 0.25) is 0 Å². The Kier molecular flexibility index (Phi) is 6.43. The molecule has 3 aromatic heterocycles. The lowest BCUT2D eigenvalue weighted by molar-refractivity contribution is -0.120. The van der Waals surface area contributed by atoms with Crippen molar-refractivity contribution < 1.29 is 4.79 Å². The van der Waals surface area contributed by atoms with E-state index in [0.29, 0.717) is 13.0 Å². The molecule has 0 aliphatic carbocycles. The van der Waals surface area contributed by atoms with Gasteiger partial charge >= 0.3 is 0 Å². The molecular formula is C21H20N4OS3. The van der Waals surface area contributed by atoms with Crippen molar-refractivity contribution in [3.05, 3.63) is 80.9 Å². The van der Waals surface area contributed by atoms with Crippen LogP contribution in [0.4, 0.5) is 0 Å². The minimum atomic E-state index is -0.281. The van der Waals surface area contributed by atoms with Crippen molar-refractivity contribution in [2.24, 2.45) is 0 Å². The van der Waals surface area contributed by atoms with Crippen LogP contribution >= 0.6 is 34.4 Å². The fourth-order valence-electron chi connectivity index (χ4n) is 2.84. The summed E-state index contributed by atoms with van der Waals surface area (Å²) in [5, 5.41) is 16.4. The van der Waals surface area contributed by atoms with E-state index in [4.69, 9.17) is 0 Å². The normalized spacial score (nSPS) is 12.0. The van der Waals surface area contributed by atoms with E-state index in [2.05, 4.69) is 27.0 Å². The van der Waals surface area contributed by atoms with Gasteiger partial charge in [0.2, 0.25) is 5.91 Å². The number of hydrogen-bond acceptors (Lipinski definition) is 6. The molecule has 1 aromatic carbocycles. The number of hydrogen-bond donors (Lipinski definition) is 1. The quantitative estimate of drug-likeness (QED) is 0.401. The molecule has 0 fully saturated rings. The van der Waals surface area contributed by atoms with E-state index < -0.39 is 0 Å². The Morgan fingerprint density at radius 1 is 1.03 bits per heavy atom. The van der Waals surface area contributed by atoms with Gasteiger partial charge in [0.25, 0.3) is 0 Å². The van der Waals surface area contributed by atoms with Crippen molar-refractivity contribution in [2.45, 2.75) is 30.3 Å². The van der Waals surface area contributed by atoms with Crippen molar-refractivity contribution in [3.8, 4) is 5.69 Å². The van der Waals surface area contributed by atoms with E-state index >= 15 is 0 Å². The molecule has 0 saturated heterocycles. The standard InChI is InChI=1S/C21H20N4OS3/c1-15(20(26)22-14-18-10-6-12-28-18)29-21-24-23-19(13-17-9-5-11-27-17)25(21)16-7-3-2-4-8-16/h2-12,15H,13-14H2,1H3,(H,22,26). The number of carbonyl (C=O) groups excluding carboxylic acids is 1. The third-order valence-corrected chi connectivity index (χ3v) is 7.09. The summed E-state index contributed by atoms with van der Waals surface area (Å²) in [6.45, 7) is 2.45. The largest absolute Gasteiger partial charge is 0.350 e. The van der Waals surface area contributed by atoms with Crippen LogP contribution in [-0.4, -0.2) is 25.9 Å². The number of benzene rings is 1. The maximum absolute atomic E-state index is 12.6. The third-order valence-electron chi connectivity index (χ3n) is 4.30. The molecule has 0 radical (unpaired) electrons. The highest BCUT2D eigenvalue weighted by Gasteiger charge is 2.21. The summed E-state index contributed by atoms with van der Waals surface area (Å²) in [7, 11) is 0. The van der Waals surface area contributed by atoms with Gasteiger partial charge in [0.05, 0.1) is 11.8 Å². The van der Waals surface area contributed by atoms with Gasteiger partial charge < -0.3 is 5.32 Å². The Bertz CT molecular complexity index is 1040. The monoisotopic (exact) mass is 440 g/mol. The Hall–Kier alpha value is -2.42. The van der Waals surface area contributed by atoms with Gasteiger partial charge in [-0.05, 0) is 41.9 Å². The summed E-state index contributed by atoms with van der Waals surface area (Å²) in [4.78, 5) is 14.9. The van der Waals surface area contributed by atoms with Crippen molar-refractivity contribution in [1.29, 1.82) is 0 Å². The number of thiophene rings is 2. The van der Waals surface area contributed by atoms with E-state index in [-0.39, 0.29) is 11.2 Å². The van der Waals surface area contributed by atoms with Crippen LogP contribution in [0.5, 0.6) is 0 Å². The van der Waals surface area contributed by atoms with Crippen molar-refractivity contribution in [2.75, 3.05) is 0 Å². The predicted molar refractivity (Wildman–Crippen MR) is 120 cm³/mol. The Labute approximate surface area is 181 Å². The molecule has 5 nitrogen and oxygen atoms in total. The van der Waals surface area contributed by atoms with Crippen LogP contribution in [0.1, 0.15) is 22.5 Å². The highest BCUT2D eigenvalue weighted by molar-refractivity contribution is 8.00. The number of nitrogens with zero attached hydrogens (tertiary/aromatic N) is 3. The van der Waals surface area contributed by atoms with Crippen LogP contribution in [0.3, 0.4) is 0 Å². The Morgan fingerprint density at radius 3 is 2.45 bits per heavy atom. The molecule has 1 unspecified atom stereocenters. The highest BCUT2D eigenvalue weighted by Crippen LogP contribution is 2.27. The first-order valence-electron chi connectivity index (χ1n) is 9.19. The van der Waals surface area contributed by atoms with Crippen molar-refractivity contribution >= 4 is 40.3 Å². The van der Waals surface area contributed by atoms with E-state index in [1.807, 2.05) is 65.4 Å². The second kappa shape index (κ2) is 9.39. The second-order valence-electron chi connectivity index (χ2n) is 6.38. The minimum absolute atomic E-state index is 0.00850. The lowest BCUT2D eigenvalue weighted by Crippen LogP contribution is -2.30. The molecule has 29 heavy (non-hydrogen) atoms. The minimum Gasteiger partial charge on any atom is -0.350 e. The lowest BCUT2D eigenvalue weighted by Gasteiger charge is -2.13. The zero-order valence-corrected chi connectivity index (χ0v) is 18.3. The first-order valence-corrected chi connectivity index (χ1v) is 11.8. The number of para-hydroxylation sites is 1. The van der Waals surface area contributed by atoms with Gasteiger partial charge in [0, 0.05) is 21.9 Å². The first-order chi connectivity index (χ1) is 14.2. The summed E-state index contributed by atoms with van der Waals surface area (Å²) < 4.78 is 2.05. The van der Waals surface area contributed by atoms with E-state index in [1.54, 1.807) is 22.7 Å².